The van der Waals surface area contributed by atoms with Gasteiger partial charge in [-0.1, -0.05) is 6.92 Å². The number of hydrogen-bond donors (Lipinski definition) is 1. The van der Waals surface area contributed by atoms with Gasteiger partial charge >= 0.3 is 5.97 Å². The quantitative estimate of drug-likeness (QED) is 0.908. The van der Waals surface area contributed by atoms with E-state index in [-0.39, 0.29) is 11.8 Å². The molecule has 5 heteroatoms. The first-order chi connectivity index (χ1) is 9.02. The van der Waals surface area contributed by atoms with Gasteiger partial charge in [-0.2, -0.15) is 0 Å². The number of rotatable bonds is 3. The smallest absolute Gasteiger partial charge is 0.306 e. The van der Waals surface area contributed by atoms with E-state index < -0.39 is 5.97 Å². The Labute approximate surface area is 112 Å². The number of aryl methyl sites for hydroxylation is 2. The number of carboxylic acid groups (broad SMARTS) is 1. The molecule has 1 amide bonds. The van der Waals surface area contributed by atoms with Crippen molar-refractivity contribution in [2.24, 2.45) is 5.92 Å². The van der Waals surface area contributed by atoms with E-state index in [1.807, 2.05) is 19.9 Å². The van der Waals surface area contributed by atoms with Gasteiger partial charge in [0.1, 0.15) is 5.76 Å². The lowest BCUT2D eigenvalue weighted by Gasteiger charge is -2.29. The lowest BCUT2D eigenvalue weighted by molar-refractivity contribution is -0.143. The molecule has 0 atom stereocenters. The SMILES string of the molecule is CCc1cc(C)c(C(=O)N2CCC(C(=O)O)CC2)o1. The average Bonchev–Trinajstić information content (AvgIpc) is 2.79. The van der Waals surface area contributed by atoms with E-state index in [2.05, 4.69) is 0 Å². The highest BCUT2D eigenvalue weighted by Gasteiger charge is 2.29. The fraction of sp³-hybridized carbons (Fsp3) is 0.571. The van der Waals surface area contributed by atoms with Gasteiger partial charge in [-0.25, -0.2) is 0 Å². The number of amides is 1. The number of furan rings is 1. The third kappa shape index (κ3) is 2.80. The Kier molecular flexibility index (Phi) is 3.93. The molecule has 104 valence electrons. The molecule has 0 aromatic carbocycles. The summed E-state index contributed by atoms with van der Waals surface area (Å²) in [5.74, 6) is -0.0181. The predicted molar refractivity (Wildman–Crippen MR) is 69.1 cm³/mol. The van der Waals surface area contributed by atoms with Crippen molar-refractivity contribution in [2.75, 3.05) is 13.1 Å². The topological polar surface area (TPSA) is 70.8 Å². The van der Waals surface area contributed by atoms with Gasteiger partial charge in [0, 0.05) is 25.1 Å². The van der Waals surface area contributed by atoms with Crippen LogP contribution in [0, 0.1) is 12.8 Å². The van der Waals surface area contributed by atoms with Crippen molar-refractivity contribution >= 4 is 11.9 Å². The van der Waals surface area contributed by atoms with Crippen LogP contribution < -0.4 is 0 Å². The molecule has 0 spiro atoms. The van der Waals surface area contributed by atoms with Crippen molar-refractivity contribution in [3.8, 4) is 0 Å². The Morgan fingerprint density at radius 2 is 2.05 bits per heavy atom. The summed E-state index contributed by atoms with van der Waals surface area (Å²) in [6.45, 7) is 4.81. The summed E-state index contributed by atoms with van der Waals surface area (Å²) in [5, 5.41) is 8.94. The zero-order valence-corrected chi connectivity index (χ0v) is 11.3. The molecule has 0 bridgehead atoms. The van der Waals surface area contributed by atoms with E-state index in [0.29, 0.717) is 31.7 Å². The highest BCUT2D eigenvalue weighted by atomic mass is 16.4. The first-order valence-corrected chi connectivity index (χ1v) is 6.64. The molecule has 5 nitrogen and oxygen atoms in total. The fourth-order valence-electron chi connectivity index (χ4n) is 2.41. The molecule has 0 saturated carbocycles. The van der Waals surface area contributed by atoms with Gasteiger partial charge in [-0.3, -0.25) is 9.59 Å². The zero-order chi connectivity index (χ0) is 14.0. The fourth-order valence-corrected chi connectivity index (χ4v) is 2.41. The molecule has 2 heterocycles. The van der Waals surface area contributed by atoms with Crippen LogP contribution >= 0.6 is 0 Å². The molecular formula is C14H19NO4. The van der Waals surface area contributed by atoms with E-state index in [1.54, 1.807) is 4.90 Å². The van der Waals surface area contributed by atoms with E-state index in [0.717, 1.165) is 17.7 Å². The van der Waals surface area contributed by atoms with Crippen LogP contribution in [0.1, 0.15) is 41.6 Å². The van der Waals surface area contributed by atoms with Crippen molar-refractivity contribution in [3.63, 3.8) is 0 Å². The van der Waals surface area contributed by atoms with Gasteiger partial charge in [0.2, 0.25) is 0 Å². The molecule has 1 saturated heterocycles. The first kappa shape index (κ1) is 13.6. The van der Waals surface area contributed by atoms with E-state index in [4.69, 9.17) is 9.52 Å². The minimum Gasteiger partial charge on any atom is -0.481 e. The maximum Gasteiger partial charge on any atom is 0.306 e. The summed E-state index contributed by atoms with van der Waals surface area (Å²) < 4.78 is 5.55. The van der Waals surface area contributed by atoms with Crippen molar-refractivity contribution < 1.29 is 19.1 Å². The lowest BCUT2D eigenvalue weighted by Crippen LogP contribution is -2.40. The van der Waals surface area contributed by atoms with Crippen LogP contribution in [-0.2, 0) is 11.2 Å². The van der Waals surface area contributed by atoms with Gasteiger partial charge in [0.25, 0.3) is 5.91 Å². The molecule has 0 radical (unpaired) electrons. The minimum atomic E-state index is -0.769. The molecule has 1 fully saturated rings. The number of likely N-dealkylation sites (tertiary alicyclic amines) is 1. The number of hydrogen-bond acceptors (Lipinski definition) is 3. The minimum absolute atomic E-state index is 0.124. The molecule has 1 aromatic heterocycles. The first-order valence-electron chi connectivity index (χ1n) is 6.64. The number of piperidine rings is 1. The molecule has 0 unspecified atom stereocenters. The molecular weight excluding hydrogens is 246 g/mol. The number of aliphatic carboxylic acids is 1. The van der Waals surface area contributed by atoms with Crippen molar-refractivity contribution in [2.45, 2.75) is 33.1 Å². The van der Waals surface area contributed by atoms with E-state index >= 15 is 0 Å². The molecule has 1 N–H and O–H groups in total. The summed E-state index contributed by atoms with van der Waals surface area (Å²) in [4.78, 5) is 24.9. The molecule has 1 aromatic rings. The highest BCUT2D eigenvalue weighted by Crippen LogP contribution is 2.22. The monoisotopic (exact) mass is 265 g/mol. The Morgan fingerprint density at radius 3 is 2.53 bits per heavy atom. The molecule has 1 aliphatic heterocycles. The van der Waals surface area contributed by atoms with Crippen molar-refractivity contribution in [1.29, 1.82) is 0 Å². The van der Waals surface area contributed by atoms with Crippen LogP contribution in [-0.4, -0.2) is 35.0 Å². The Morgan fingerprint density at radius 1 is 1.42 bits per heavy atom. The maximum atomic E-state index is 12.3. The normalized spacial score (nSPS) is 16.6. The van der Waals surface area contributed by atoms with Crippen molar-refractivity contribution in [1.82, 2.24) is 4.90 Å². The van der Waals surface area contributed by atoms with Gasteiger partial charge in [0.15, 0.2) is 5.76 Å². The average molecular weight is 265 g/mol. The van der Waals surface area contributed by atoms with Gasteiger partial charge in [-0.15, -0.1) is 0 Å². The summed E-state index contributed by atoms with van der Waals surface area (Å²) in [6.07, 6.45) is 1.79. The molecule has 1 aliphatic rings. The standard InChI is InChI=1S/C14H19NO4/c1-3-11-8-9(2)12(19-11)13(16)15-6-4-10(5-7-15)14(17)18/h8,10H,3-7H2,1-2H3,(H,17,18). The van der Waals surface area contributed by atoms with Crippen LogP contribution in [0.15, 0.2) is 10.5 Å². The molecule has 2 rings (SSSR count). The third-order valence-electron chi connectivity index (χ3n) is 3.64. The second-order valence-corrected chi connectivity index (χ2v) is 4.98. The number of carbonyl (C=O) groups is 2. The number of nitrogens with zero attached hydrogens (tertiary/aromatic N) is 1. The van der Waals surface area contributed by atoms with Crippen LogP contribution in [0.3, 0.4) is 0 Å². The summed E-state index contributed by atoms with van der Waals surface area (Å²) in [6, 6.07) is 1.89. The number of carbonyl (C=O) groups excluding carboxylic acids is 1. The Bertz CT molecular complexity index is 484. The molecule has 19 heavy (non-hydrogen) atoms. The van der Waals surface area contributed by atoms with Crippen LogP contribution in [0.2, 0.25) is 0 Å². The van der Waals surface area contributed by atoms with Crippen molar-refractivity contribution in [3.05, 3.63) is 23.2 Å². The summed E-state index contributed by atoms with van der Waals surface area (Å²) in [7, 11) is 0. The summed E-state index contributed by atoms with van der Waals surface area (Å²) in [5.41, 5.74) is 0.849. The van der Waals surface area contributed by atoms with Gasteiger partial charge < -0.3 is 14.4 Å². The van der Waals surface area contributed by atoms with Crippen LogP contribution in [0.25, 0.3) is 0 Å². The lowest BCUT2D eigenvalue weighted by atomic mass is 9.97. The second-order valence-electron chi connectivity index (χ2n) is 4.98. The number of carboxylic acids is 1. The predicted octanol–water partition coefficient (Wildman–Crippen LogP) is 2.09. The van der Waals surface area contributed by atoms with Gasteiger partial charge in [-0.05, 0) is 25.8 Å². The second kappa shape index (κ2) is 5.47. The Hall–Kier alpha value is -1.78. The van der Waals surface area contributed by atoms with E-state index in [9.17, 15) is 9.59 Å². The largest absolute Gasteiger partial charge is 0.481 e. The molecule has 0 aliphatic carbocycles. The third-order valence-corrected chi connectivity index (χ3v) is 3.64. The zero-order valence-electron chi connectivity index (χ0n) is 11.3. The Balaban J connectivity index is 2.05. The van der Waals surface area contributed by atoms with E-state index in [1.165, 1.54) is 0 Å². The summed E-state index contributed by atoms with van der Waals surface area (Å²) >= 11 is 0. The maximum absolute atomic E-state index is 12.3. The highest BCUT2D eigenvalue weighted by molar-refractivity contribution is 5.93. The van der Waals surface area contributed by atoms with Crippen LogP contribution in [0.5, 0.6) is 0 Å². The van der Waals surface area contributed by atoms with Crippen LogP contribution in [0.4, 0.5) is 0 Å². The van der Waals surface area contributed by atoms with Gasteiger partial charge in [0.05, 0.1) is 5.92 Å².